The highest BCUT2D eigenvalue weighted by Gasteiger charge is 1.95. The summed E-state index contributed by atoms with van der Waals surface area (Å²) in [6, 6.07) is 12.9. The maximum absolute atomic E-state index is 4.12. The van der Waals surface area contributed by atoms with Crippen LogP contribution in [0.15, 0.2) is 53.7 Å². The average molecular weight is 243 g/mol. The molecule has 2 rings (SSSR count). The summed E-state index contributed by atoms with van der Waals surface area (Å²) < 4.78 is 0. The van der Waals surface area contributed by atoms with E-state index in [1.54, 1.807) is 0 Å². The third-order valence-corrected chi connectivity index (χ3v) is 3.72. The van der Waals surface area contributed by atoms with E-state index in [1.807, 2.05) is 30.2 Å². The topological polar surface area (TPSA) is 12.9 Å². The summed E-state index contributed by atoms with van der Waals surface area (Å²) in [5.41, 5.74) is 2.65. The molecular weight excluding hydrogens is 226 g/mol. The molecule has 1 aromatic heterocycles. The minimum Gasteiger partial charge on any atom is -0.264 e. The first-order valence-electron chi connectivity index (χ1n) is 5.93. The van der Waals surface area contributed by atoms with Crippen LogP contribution in [0.5, 0.6) is 0 Å². The second-order valence-electron chi connectivity index (χ2n) is 4.13. The van der Waals surface area contributed by atoms with Gasteiger partial charge in [0.15, 0.2) is 0 Å². The Labute approximate surface area is 107 Å². The van der Waals surface area contributed by atoms with Crippen LogP contribution in [0.1, 0.15) is 17.5 Å². The molecule has 88 valence electrons. The minimum absolute atomic E-state index is 1.12. The lowest BCUT2D eigenvalue weighted by atomic mass is 10.2. The molecule has 0 amide bonds. The van der Waals surface area contributed by atoms with Crippen molar-refractivity contribution in [3.05, 3.63) is 59.9 Å². The molecule has 0 atom stereocenters. The summed E-state index contributed by atoms with van der Waals surface area (Å²) in [5, 5.41) is 0. The highest BCUT2D eigenvalue weighted by atomic mass is 32.2. The number of benzene rings is 1. The van der Waals surface area contributed by atoms with E-state index in [1.165, 1.54) is 22.4 Å². The summed E-state index contributed by atoms with van der Waals surface area (Å²) in [7, 11) is 0. The Morgan fingerprint density at radius 3 is 2.65 bits per heavy atom. The molecule has 1 nitrogen and oxygen atoms in total. The largest absolute Gasteiger partial charge is 0.264 e. The summed E-state index contributed by atoms with van der Waals surface area (Å²) in [4.78, 5) is 5.49. The van der Waals surface area contributed by atoms with Gasteiger partial charge in [0.25, 0.3) is 0 Å². The smallest absolute Gasteiger partial charge is 0.0299 e. The molecule has 0 aliphatic rings. The van der Waals surface area contributed by atoms with Gasteiger partial charge >= 0.3 is 0 Å². The quantitative estimate of drug-likeness (QED) is 0.579. The average Bonchev–Trinajstić information content (AvgIpc) is 2.38. The van der Waals surface area contributed by atoms with Gasteiger partial charge in [0.05, 0.1) is 0 Å². The third kappa shape index (κ3) is 4.23. The molecule has 0 spiro atoms. The molecule has 0 radical (unpaired) electrons. The van der Waals surface area contributed by atoms with Gasteiger partial charge in [0, 0.05) is 17.3 Å². The number of rotatable bonds is 5. The van der Waals surface area contributed by atoms with Gasteiger partial charge in [-0.15, -0.1) is 11.8 Å². The zero-order valence-electron chi connectivity index (χ0n) is 10.1. The summed E-state index contributed by atoms with van der Waals surface area (Å²) in [6.45, 7) is 2.12. The fourth-order valence-electron chi connectivity index (χ4n) is 1.65. The second-order valence-corrected chi connectivity index (χ2v) is 5.29. The fourth-order valence-corrected chi connectivity index (χ4v) is 2.50. The van der Waals surface area contributed by atoms with E-state index in [9.17, 15) is 0 Å². The SMILES string of the molecule is Cc1ccc(SCCCc2cccnc2)cc1. The molecule has 0 saturated carbocycles. The molecule has 17 heavy (non-hydrogen) atoms. The molecule has 2 heteroatoms. The molecule has 2 aromatic rings. The van der Waals surface area contributed by atoms with Crippen molar-refractivity contribution in [1.82, 2.24) is 4.98 Å². The van der Waals surface area contributed by atoms with Crippen LogP contribution in [-0.2, 0) is 6.42 Å². The number of hydrogen-bond donors (Lipinski definition) is 0. The van der Waals surface area contributed by atoms with Crippen molar-refractivity contribution in [2.45, 2.75) is 24.7 Å². The first kappa shape index (κ1) is 12.2. The Hall–Kier alpha value is -1.28. The van der Waals surface area contributed by atoms with E-state index in [0.29, 0.717) is 0 Å². The van der Waals surface area contributed by atoms with Crippen molar-refractivity contribution in [3.63, 3.8) is 0 Å². The van der Waals surface area contributed by atoms with Crippen LogP contribution in [0.3, 0.4) is 0 Å². The predicted octanol–water partition coefficient (Wildman–Crippen LogP) is 4.11. The van der Waals surface area contributed by atoms with Gasteiger partial charge in [0.1, 0.15) is 0 Å². The lowest BCUT2D eigenvalue weighted by molar-refractivity contribution is 0.924. The van der Waals surface area contributed by atoms with Gasteiger partial charge in [-0.2, -0.15) is 0 Å². The molecule has 0 fully saturated rings. The monoisotopic (exact) mass is 243 g/mol. The van der Waals surface area contributed by atoms with Crippen LogP contribution in [0, 0.1) is 6.92 Å². The molecule has 1 heterocycles. The lowest BCUT2D eigenvalue weighted by Crippen LogP contribution is -1.88. The Bertz CT molecular complexity index is 436. The molecule has 0 saturated heterocycles. The number of pyridine rings is 1. The van der Waals surface area contributed by atoms with E-state index in [-0.39, 0.29) is 0 Å². The van der Waals surface area contributed by atoms with Crippen molar-refractivity contribution < 1.29 is 0 Å². The maximum Gasteiger partial charge on any atom is 0.0299 e. The van der Waals surface area contributed by atoms with E-state index in [4.69, 9.17) is 0 Å². The van der Waals surface area contributed by atoms with Gasteiger partial charge in [0.2, 0.25) is 0 Å². The van der Waals surface area contributed by atoms with Gasteiger partial charge < -0.3 is 0 Å². The highest BCUT2D eigenvalue weighted by Crippen LogP contribution is 2.19. The number of aryl methyl sites for hydroxylation is 2. The van der Waals surface area contributed by atoms with Gasteiger partial charge in [-0.3, -0.25) is 4.98 Å². The van der Waals surface area contributed by atoms with E-state index in [0.717, 1.165) is 12.2 Å². The van der Waals surface area contributed by atoms with Crippen LogP contribution in [-0.4, -0.2) is 10.7 Å². The Morgan fingerprint density at radius 2 is 1.94 bits per heavy atom. The normalized spacial score (nSPS) is 10.4. The third-order valence-electron chi connectivity index (χ3n) is 2.62. The lowest BCUT2D eigenvalue weighted by Gasteiger charge is -2.02. The van der Waals surface area contributed by atoms with E-state index in [2.05, 4.69) is 42.2 Å². The zero-order chi connectivity index (χ0) is 11.9. The molecule has 1 aromatic carbocycles. The van der Waals surface area contributed by atoms with E-state index < -0.39 is 0 Å². The molecule has 0 bridgehead atoms. The first-order chi connectivity index (χ1) is 8.34. The van der Waals surface area contributed by atoms with Crippen molar-refractivity contribution in [2.75, 3.05) is 5.75 Å². The fraction of sp³-hybridized carbons (Fsp3) is 0.267. The van der Waals surface area contributed by atoms with Crippen molar-refractivity contribution in [2.24, 2.45) is 0 Å². The van der Waals surface area contributed by atoms with Crippen molar-refractivity contribution in [1.29, 1.82) is 0 Å². The van der Waals surface area contributed by atoms with Crippen molar-refractivity contribution in [3.8, 4) is 0 Å². The molecular formula is C15H17NS. The van der Waals surface area contributed by atoms with Gasteiger partial charge in [-0.25, -0.2) is 0 Å². The molecule has 0 aliphatic heterocycles. The van der Waals surface area contributed by atoms with Crippen LogP contribution >= 0.6 is 11.8 Å². The standard InChI is InChI=1S/C15H17NS/c1-13-6-8-15(9-7-13)17-11-3-5-14-4-2-10-16-12-14/h2,4,6-10,12H,3,5,11H2,1H3. The van der Waals surface area contributed by atoms with Gasteiger partial charge in [-0.1, -0.05) is 23.8 Å². The number of nitrogens with zero attached hydrogens (tertiary/aromatic N) is 1. The zero-order valence-corrected chi connectivity index (χ0v) is 10.9. The Balaban J connectivity index is 1.71. The van der Waals surface area contributed by atoms with Crippen LogP contribution in [0.4, 0.5) is 0 Å². The highest BCUT2D eigenvalue weighted by molar-refractivity contribution is 7.99. The molecule has 0 aliphatic carbocycles. The van der Waals surface area contributed by atoms with Crippen LogP contribution in [0.2, 0.25) is 0 Å². The Morgan fingerprint density at radius 1 is 1.12 bits per heavy atom. The summed E-state index contributed by atoms with van der Waals surface area (Å²) in [5.74, 6) is 1.16. The predicted molar refractivity (Wildman–Crippen MR) is 74.5 cm³/mol. The minimum atomic E-state index is 1.12. The number of thioether (sulfide) groups is 1. The van der Waals surface area contributed by atoms with Crippen molar-refractivity contribution >= 4 is 11.8 Å². The number of hydrogen-bond acceptors (Lipinski definition) is 2. The van der Waals surface area contributed by atoms with E-state index >= 15 is 0 Å². The summed E-state index contributed by atoms with van der Waals surface area (Å²) >= 11 is 1.93. The molecule has 0 unspecified atom stereocenters. The molecule has 0 N–H and O–H groups in total. The first-order valence-corrected chi connectivity index (χ1v) is 6.91. The van der Waals surface area contributed by atoms with Crippen LogP contribution < -0.4 is 0 Å². The summed E-state index contributed by atoms with van der Waals surface area (Å²) in [6.07, 6.45) is 6.10. The number of aromatic nitrogens is 1. The van der Waals surface area contributed by atoms with Gasteiger partial charge in [-0.05, 0) is 49.3 Å². The van der Waals surface area contributed by atoms with Crippen LogP contribution in [0.25, 0.3) is 0 Å². The Kier molecular flexibility index (Phi) is 4.63. The second kappa shape index (κ2) is 6.45. The maximum atomic E-state index is 4.12.